The van der Waals surface area contributed by atoms with E-state index >= 15 is 0 Å². The van der Waals surface area contributed by atoms with Gasteiger partial charge in [0.15, 0.2) is 5.58 Å². The summed E-state index contributed by atoms with van der Waals surface area (Å²) in [5.74, 6) is 0.496. The van der Waals surface area contributed by atoms with Crippen LogP contribution in [-0.2, 0) is 10.5 Å². The maximum absolute atomic E-state index is 13.1. The first-order chi connectivity index (χ1) is 16.2. The van der Waals surface area contributed by atoms with Crippen LogP contribution in [0.25, 0.3) is 11.1 Å². The van der Waals surface area contributed by atoms with Gasteiger partial charge in [-0.25, -0.2) is 4.98 Å². The quantitative estimate of drug-likeness (QED) is 0.366. The predicted octanol–water partition coefficient (Wildman–Crippen LogP) is 5.89. The number of carbonyl (C=O) groups excluding carboxylic acids is 2. The third-order valence-corrected chi connectivity index (χ3v) is 6.50. The lowest BCUT2D eigenvalue weighted by atomic mass is 10.1. The van der Waals surface area contributed by atoms with Gasteiger partial charge in [-0.15, -0.1) is 0 Å². The molecule has 33 heavy (non-hydrogen) atoms. The van der Waals surface area contributed by atoms with Gasteiger partial charge in [-0.2, -0.15) is 0 Å². The van der Waals surface area contributed by atoms with Gasteiger partial charge in [0.05, 0.1) is 0 Å². The fourth-order valence-corrected chi connectivity index (χ4v) is 4.79. The van der Waals surface area contributed by atoms with Crippen molar-refractivity contribution < 1.29 is 14.0 Å². The number of nitrogens with zero attached hydrogens (tertiary/aromatic N) is 2. The second-order valence-corrected chi connectivity index (χ2v) is 8.83. The highest BCUT2D eigenvalue weighted by atomic mass is 32.2. The van der Waals surface area contributed by atoms with E-state index in [1.165, 1.54) is 11.8 Å². The Kier molecular flexibility index (Phi) is 6.13. The van der Waals surface area contributed by atoms with Gasteiger partial charge < -0.3 is 14.6 Å². The Morgan fingerprint density at radius 1 is 1.03 bits per heavy atom. The van der Waals surface area contributed by atoms with Crippen molar-refractivity contribution in [1.82, 2.24) is 4.98 Å². The van der Waals surface area contributed by atoms with E-state index in [1.54, 1.807) is 4.90 Å². The van der Waals surface area contributed by atoms with E-state index in [0.29, 0.717) is 35.2 Å². The summed E-state index contributed by atoms with van der Waals surface area (Å²) in [6.45, 7) is 0.714. The molecule has 7 heteroatoms. The summed E-state index contributed by atoms with van der Waals surface area (Å²) < 4.78 is 5.78. The smallest absolute Gasteiger partial charge is 0.257 e. The molecule has 0 atom stereocenters. The molecule has 3 aromatic carbocycles. The highest BCUT2D eigenvalue weighted by Gasteiger charge is 2.20. The number of oxazole rings is 1. The monoisotopic (exact) mass is 457 g/mol. The van der Waals surface area contributed by atoms with Crippen LogP contribution < -0.4 is 10.2 Å². The van der Waals surface area contributed by atoms with Crippen LogP contribution in [0.3, 0.4) is 0 Å². The molecule has 0 spiro atoms. The van der Waals surface area contributed by atoms with Crippen LogP contribution >= 0.6 is 11.8 Å². The highest BCUT2D eigenvalue weighted by Crippen LogP contribution is 2.28. The summed E-state index contributed by atoms with van der Waals surface area (Å²) in [6.07, 6.45) is 2.50. The van der Waals surface area contributed by atoms with Crippen LogP contribution in [0, 0.1) is 0 Å². The first-order valence-electron chi connectivity index (χ1n) is 11.0. The first-order valence-corrected chi connectivity index (χ1v) is 11.9. The zero-order chi connectivity index (χ0) is 22.6. The number of hydrogen-bond acceptors (Lipinski definition) is 5. The molecule has 2 heterocycles. The zero-order valence-corrected chi connectivity index (χ0v) is 18.8. The number of carbonyl (C=O) groups is 2. The van der Waals surface area contributed by atoms with Crippen molar-refractivity contribution in [2.75, 3.05) is 16.8 Å². The van der Waals surface area contributed by atoms with Crippen molar-refractivity contribution >= 4 is 46.1 Å². The second-order valence-electron chi connectivity index (χ2n) is 7.90. The number of hydrogen-bond donors (Lipinski definition) is 1. The molecular formula is C26H23N3O3S. The number of nitrogens with one attached hydrogen (secondary N) is 1. The molecule has 0 radical (unpaired) electrons. The van der Waals surface area contributed by atoms with E-state index in [1.807, 2.05) is 72.8 Å². The van der Waals surface area contributed by atoms with Crippen molar-refractivity contribution in [3.8, 4) is 0 Å². The van der Waals surface area contributed by atoms with Crippen LogP contribution in [-0.4, -0.2) is 23.3 Å². The SMILES string of the molecule is O=C(Nc1cccc(N2CCCCC2=O)c1)c1ccccc1CSc1nc2ccccc2o1. The molecule has 2 amide bonds. The lowest BCUT2D eigenvalue weighted by Crippen LogP contribution is -2.35. The number of anilines is 2. The molecule has 166 valence electrons. The number of benzene rings is 3. The van der Waals surface area contributed by atoms with Crippen LogP contribution in [0.1, 0.15) is 35.2 Å². The largest absolute Gasteiger partial charge is 0.431 e. The molecule has 4 aromatic rings. The number of piperidine rings is 1. The van der Waals surface area contributed by atoms with E-state index in [0.717, 1.165) is 35.2 Å². The van der Waals surface area contributed by atoms with E-state index in [4.69, 9.17) is 4.42 Å². The molecule has 0 saturated carbocycles. The first kappa shape index (κ1) is 21.3. The standard InChI is InChI=1S/C26H23N3O3S/c30-24-14-5-6-15-29(24)20-10-7-9-19(16-20)27-25(31)21-11-2-1-8-18(21)17-33-26-28-22-12-3-4-13-23(22)32-26/h1-4,7-13,16H,5-6,14-15,17H2,(H,27,31). The fraction of sp³-hybridized carbons (Fsp3) is 0.192. The lowest BCUT2D eigenvalue weighted by molar-refractivity contribution is -0.119. The minimum atomic E-state index is -0.189. The fourth-order valence-electron chi connectivity index (χ4n) is 3.95. The van der Waals surface area contributed by atoms with E-state index < -0.39 is 0 Å². The van der Waals surface area contributed by atoms with Crippen molar-refractivity contribution in [2.24, 2.45) is 0 Å². The normalized spacial score (nSPS) is 13.9. The van der Waals surface area contributed by atoms with Crippen LogP contribution in [0.2, 0.25) is 0 Å². The Labute approximate surface area is 196 Å². The average molecular weight is 458 g/mol. The molecule has 1 aromatic heterocycles. The van der Waals surface area contributed by atoms with Gasteiger partial charge in [0, 0.05) is 35.7 Å². The number of amides is 2. The molecule has 1 saturated heterocycles. The molecule has 0 aliphatic carbocycles. The molecule has 1 fully saturated rings. The summed E-state index contributed by atoms with van der Waals surface area (Å²) in [5, 5.41) is 3.56. The van der Waals surface area contributed by atoms with Crippen LogP contribution in [0.4, 0.5) is 11.4 Å². The Hall–Kier alpha value is -3.58. The van der Waals surface area contributed by atoms with Crippen molar-refractivity contribution in [1.29, 1.82) is 0 Å². The van der Waals surface area contributed by atoms with Crippen molar-refractivity contribution in [3.63, 3.8) is 0 Å². The summed E-state index contributed by atoms with van der Waals surface area (Å²) in [4.78, 5) is 31.7. The minimum Gasteiger partial charge on any atom is -0.431 e. The average Bonchev–Trinajstić information content (AvgIpc) is 3.26. The van der Waals surface area contributed by atoms with Gasteiger partial charge in [0.1, 0.15) is 5.52 Å². The number of aromatic nitrogens is 1. The van der Waals surface area contributed by atoms with Gasteiger partial charge in [-0.05, 0) is 54.8 Å². The van der Waals surface area contributed by atoms with Crippen molar-refractivity contribution in [3.05, 3.63) is 83.9 Å². The third kappa shape index (κ3) is 4.78. The number of para-hydroxylation sites is 2. The Balaban J connectivity index is 1.30. The Bertz CT molecular complexity index is 1280. The molecule has 1 aliphatic heterocycles. The highest BCUT2D eigenvalue weighted by molar-refractivity contribution is 7.98. The van der Waals surface area contributed by atoms with Gasteiger partial charge in [-0.3, -0.25) is 9.59 Å². The minimum absolute atomic E-state index is 0.131. The van der Waals surface area contributed by atoms with Crippen molar-refractivity contribution in [2.45, 2.75) is 30.2 Å². The van der Waals surface area contributed by atoms with E-state index in [2.05, 4.69) is 10.3 Å². The lowest BCUT2D eigenvalue weighted by Gasteiger charge is -2.27. The van der Waals surface area contributed by atoms with E-state index in [-0.39, 0.29) is 11.8 Å². The summed E-state index contributed by atoms with van der Waals surface area (Å²) in [6, 6.07) is 22.6. The molecule has 1 aliphatic rings. The summed E-state index contributed by atoms with van der Waals surface area (Å²) in [7, 11) is 0. The topological polar surface area (TPSA) is 75.4 Å². The van der Waals surface area contributed by atoms with Gasteiger partial charge >= 0.3 is 0 Å². The molecule has 1 N–H and O–H groups in total. The Morgan fingerprint density at radius 3 is 2.76 bits per heavy atom. The van der Waals surface area contributed by atoms with Gasteiger partial charge in [-0.1, -0.05) is 48.2 Å². The molecular weight excluding hydrogens is 434 g/mol. The molecule has 6 nitrogen and oxygen atoms in total. The maximum atomic E-state index is 13.1. The van der Waals surface area contributed by atoms with E-state index in [9.17, 15) is 9.59 Å². The second kappa shape index (κ2) is 9.50. The summed E-state index contributed by atoms with van der Waals surface area (Å²) >= 11 is 1.46. The maximum Gasteiger partial charge on any atom is 0.257 e. The molecule has 0 unspecified atom stereocenters. The van der Waals surface area contributed by atoms with Crippen LogP contribution in [0.5, 0.6) is 0 Å². The van der Waals surface area contributed by atoms with Crippen LogP contribution in [0.15, 0.2) is 82.4 Å². The molecule has 5 rings (SSSR count). The predicted molar refractivity (Wildman–Crippen MR) is 131 cm³/mol. The summed E-state index contributed by atoms with van der Waals surface area (Å²) in [5.41, 5.74) is 4.54. The van der Waals surface area contributed by atoms with Gasteiger partial charge in [0.25, 0.3) is 11.1 Å². The van der Waals surface area contributed by atoms with Gasteiger partial charge in [0.2, 0.25) is 5.91 Å². The number of thioether (sulfide) groups is 1. The Morgan fingerprint density at radius 2 is 1.88 bits per heavy atom. The zero-order valence-electron chi connectivity index (χ0n) is 18.0. The third-order valence-electron chi connectivity index (χ3n) is 5.63. The number of rotatable bonds is 6. The number of fused-ring (bicyclic) bond motifs is 1. The molecule has 0 bridgehead atoms.